The van der Waals surface area contributed by atoms with Crippen LogP contribution in [-0.4, -0.2) is 17.6 Å². The van der Waals surface area contributed by atoms with Crippen LogP contribution >= 0.6 is 0 Å². The van der Waals surface area contributed by atoms with Crippen molar-refractivity contribution < 1.29 is 9.90 Å². The van der Waals surface area contributed by atoms with Crippen LogP contribution in [0.4, 0.5) is 0 Å². The van der Waals surface area contributed by atoms with Crippen LogP contribution < -0.4 is 5.73 Å². The quantitative estimate of drug-likeness (QED) is 0.609. The Morgan fingerprint density at radius 3 is 2.60 bits per heavy atom. The van der Waals surface area contributed by atoms with Gasteiger partial charge in [-0.3, -0.25) is 4.79 Å². The third-order valence-electron chi connectivity index (χ3n) is 2.47. The van der Waals surface area contributed by atoms with Gasteiger partial charge >= 0.3 is 5.97 Å². The zero-order chi connectivity index (χ0) is 11.7. The molecule has 0 bridgehead atoms. The van der Waals surface area contributed by atoms with E-state index in [2.05, 4.69) is 26.0 Å². The summed E-state index contributed by atoms with van der Waals surface area (Å²) in [5.41, 5.74) is 5.54. The zero-order valence-corrected chi connectivity index (χ0v) is 9.78. The smallest absolute Gasteiger partial charge is 0.303 e. The number of carboxylic acid groups (broad SMARTS) is 1. The van der Waals surface area contributed by atoms with Crippen molar-refractivity contribution in [2.24, 2.45) is 17.6 Å². The number of hydrogen-bond acceptors (Lipinski definition) is 2. The second kappa shape index (κ2) is 8.48. The highest BCUT2D eigenvalue weighted by Gasteiger charge is 2.14. The molecule has 0 spiro atoms. The van der Waals surface area contributed by atoms with E-state index in [0.717, 1.165) is 19.3 Å². The van der Waals surface area contributed by atoms with Crippen molar-refractivity contribution in [1.29, 1.82) is 0 Å². The van der Waals surface area contributed by atoms with E-state index in [1.165, 1.54) is 0 Å². The number of allylic oxidation sites excluding steroid dienone is 2. The maximum absolute atomic E-state index is 10.5. The number of aliphatic carboxylic acids is 1. The van der Waals surface area contributed by atoms with E-state index in [4.69, 9.17) is 10.8 Å². The topological polar surface area (TPSA) is 63.3 Å². The van der Waals surface area contributed by atoms with Crippen LogP contribution in [0, 0.1) is 11.8 Å². The molecule has 3 heteroatoms. The lowest BCUT2D eigenvalue weighted by molar-refractivity contribution is -0.138. The summed E-state index contributed by atoms with van der Waals surface area (Å²) in [6.07, 6.45) is 7.48. The summed E-state index contributed by atoms with van der Waals surface area (Å²) in [5, 5.41) is 8.67. The van der Waals surface area contributed by atoms with Crippen LogP contribution in [-0.2, 0) is 4.79 Å². The molecule has 0 aliphatic carbocycles. The Bertz CT molecular complexity index is 202. The molecule has 0 aliphatic rings. The average molecular weight is 213 g/mol. The molecule has 2 unspecified atom stereocenters. The lowest BCUT2D eigenvalue weighted by atomic mass is 9.91. The Kier molecular flexibility index (Phi) is 8.01. The third-order valence-corrected chi connectivity index (χ3v) is 2.47. The molecule has 0 aliphatic heterocycles. The molecule has 15 heavy (non-hydrogen) atoms. The van der Waals surface area contributed by atoms with E-state index in [9.17, 15) is 4.79 Å². The molecular weight excluding hydrogens is 190 g/mol. The summed E-state index contributed by atoms with van der Waals surface area (Å²) in [5.74, 6) is -0.116. The van der Waals surface area contributed by atoms with Crippen molar-refractivity contribution in [3.05, 3.63) is 12.2 Å². The molecule has 0 saturated carbocycles. The van der Waals surface area contributed by atoms with Crippen LogP contribution in [0.3, 0.4) is 0 Å². The van der Waals surface area contributed by atoms with Crippen molar-refractivity contribution in [2.45, 2.75) is 39.5 Å². The Hall–Kier alpha value is -0.830. The normalized spacial score (nSPS) is 15.4. The molecule has 2 atom stereocenters. The van der Waals surface area contributed by atoms with Crippen LogP contribution in [0.2, 0.25) is 0 Å². The van der Waals surface area contributed by atoms with Gasteiger partial charge in [-0.05, 0) is 37.6 Å². The maximum atomic E-state index is 10.5. The van der Waals surface area contributed by atoms with E-state index in [1.807, 2.05) is 0 Å². The minimum atomic E-state index is -0.748. The predicted molar refractivity (Wildman–Crippen MR) is 62.6 cm³/mol. The highest BCUT2D eigenvalue weighted by molar-refractivity contribution is 5.67. The number of nitrogens with two attached hydrogens (primary N) is 1. The molecule has 0 heterocycles. The van der Waals surface area contributed by atoms with E-state index in [-0.39, 0.29) is 12.3 Å². The van der Waals surface area contributed by atoms with Crippen LogP contribution in [0.25, 0.3) is 0 Å². The minimum absolute atomic E-state index is 0.118. The summed E-state index contributed by atoms with van der Waals surface area (Å²) in [6.45, 7) is 4.72. The van der Waals surface area contributed by atoms with Gasteiger partial charge in [-0.15, -0.1) is 0 Å². The zero-order valence-electron chi connectivity index (χ0n) is 9.78. The third kappa shape index (κ3) is 8.18. The van der Waals surface area contributed by atoms with E-state index >= 15 is 0 Å². The monoisotopic (exact) mass is 213 g/mol. The van der Waals surface area contributed by atoms with Gasteiger partial charge in [0.2, 0.25) is 0 Å². The molecule has 0 radical (unpaired) electrons. The minimum Gasteiger partial charge on any atom is -0.481 e. The number of carbonyl (C=O) groups is 1. The van der Waals surface area contributed by atoms with Gasteiger partial charge in [0.25, 0.3) is 0 Å². The second-order valence-electron chi connectivity index (χ2n) is 4.16. The molecule has 88 valence electrons. The van der Waals surface area contributed by atoms with Crippen molar-refractivity contribution in [1.82, 2.24) is 0 Å². The molecule has 0 amide bonds. The maximum Gasteiger partial charge on any atom is 0.303 e. The highest BCUT2D eigenvalue weighted by Crippen LogP contribution is 2.18. The molecule has 0 aromatic heterocycles. The lowest BCUT2D eigenvalue weighted by Gasteiger charge is -2.16. The fraction of sp³-hybridized carbons (Fsp3) is 0.750. The standard InChI is InChI=1S/C12H23NO2/c1-3-4-5-6-10(2)7-11(9-13)8-12(14)15/h4-5,10-11H,3,6-9,13H2,1-2H3,(H,14,15)/b5-4-. The van der Waals surface area contributed by atoms with Gasteiger partial charge in [-0.1, -0.05) is 26.0 Å². The molecule has 3 nitrogen and oxygen atoms in total. The van der Waals surface area contributed by atoms with Crippen LogP contribution in [0.1, 0.15) is 39.5 Å². The highest BCUT2D eigenvalue weighted by atomic mass is 16.4. The molecule has 0 rings (SSSR count). The van der Waals surface area contributed by atoms with Gasteiger partial charge in [-0.25, -0.2) is 0 Å². The summed E-state index contributed by atoms with van der Waals surface area (Å²) in [7, 11) is 0. The number of hydrogen-bond donors (Lipinski definition) is 2. The molecule has 0 aromatic carbocycles. The second-order valence-corrected chi connectivity index (χ2v) is 4.16. The van der Waals surface area contributed by atoms with Crippen molar-refractivity contribution >= 4 is 5.97 Å². The molecule has 3 N–H and O–H groups in total. The first-order valence-corrected chi connectivity index (χ1v) is 5.67. The lowest BCUT2D eigenvalue weighted by Crippen LogP contribution is -2.20. The van der Waals surface area contributed by atoms with Gasteiger partial charge in [-0.2, -0.15) is 0 Å². The van der Waals surface area contributed by atoms with E-state index < -0.39 is 5.97 Å². The van der Waals surface area contributed by atoms with Gasteiger partial charge in [0.15, 0.2) is 0 Å². The summed E-state index contributed by atoms with van der Waals surface area (Å²) >= 11 is 0. The van der Waals surface area contributed by atoms with Crippen molar-refractivity contribution in [3.63, 3.8) is 0 Å². The Balaban J connectivity index is 3.84. The largest absolute Gasteiger partial charge is 0.481 e. The van der Waals surface area contributed by atoms with Crippen molar-refractivity contribution in [3.8, 4) is 0 Å². The van der Waals surface area contributed by atoms with Crippen LogP contribution in [0.15, 0.2) is 12.2 Å². The van der Waals surface area contributed by atoms with Crippen LogP contribution in [0.5, 0.6) is 0 Å². The van der Waals surface area contributed by atoms with E-state index in [1.54, 1.807) is 0 Å². The molecule has 0 saturated heterocycles. The number of rotatable bonds is 8. The average Bonchev–Trinajstić information content (AvgIpc) is 2.16. The molecule has 0 aromatic rings. The SMILES string of the molecule is CC/C=C\CC(C)CC(CN)CC(=O)O. The fourth-order valence-electron chi connectivity index (χ4n) is 1.67. The first-order valence-electron chi connectivity index (χ1n) is 5.67. The molecular formula is C12H23NO2. The summed E-state index contributed by atoms with van der Waals surface area (Å²) in [4.78, 5) is 10.5. The summed E-state index contributed by atoms with van der Waals surface area (Å²) < 4.78 is 0. The predicted octanol–water partition coefficient (Wildman–Crippen LogP) is 2.42. The number of carboxylic acids is 1. The Morgan fingerprint density at radius 1 is 1.47 bits per heavy atom. The van der Waals surface area contributed by atoms with E-state index in [0.29, 0.717) is 12.5 Å². The first-order chi connectivity index (χ1) is 7.10. The molecule has 0 fully saturated rings. The Labute approximate surface area is 92.4 Å². The summed E-state index contributed by atoms with van der Waals surface area (Å²) in [6, 6.07) is 0. The van der Waals surface area contributed by atoms with Gasteiger partial charge in [0.05, 0.1) is 0 Å². The van der Waals surface area contributed by atoms with Gasteiger partial charge in [0.1, 0.15) is 0 Å². The van der Waals surface area contributed by atoms with Gasteiger partial charge < -0.3 is 10.8 Å². The fourth-order valence-corrected chi connectivity index (χ4v) is 1.67. The first kappa shape index (κ1) is 14.2. The Morgan fingerprint density at radius 2 is 2.13 bits per heavy atom. The van der Waals surface area contributed by atoms with Crippen molar-refractivity contribution in [2.75, 3.05) is 6.54 Å². The van der Waals surface area contributed by atoms with Gasteiger partial charge in [0, 0.05) is 6.42 Å².